The summed E-state index contributed by atoms with van der Waals surface area (Å²) in [6, 6.07) is -0.712. The monoisotopic (exact) mass is 437 g/mol. The lowest BCUT2D eigenvalue weighted by Crippen LogP contribution is -2.52. The molecule has 0 aromatic heterocycles. The summed E-state index contributed by atoms with van der Waals surface area (Å²) in [4.78, 5) is 35.4. The number of carboxylic acid groups (broad SMARTS) is 1. The van der Waals surface area contributed by atoms with E-state index in [1.165, 1.54) is 18.1 Å². The van der Waals surface area contributed by atoms with Crippen molar-refractivity contribution in [3.05, 3.63) is 35.1 Å². The van der Waals surface area contributed by atoms with Crippen LogP contribution >= 0.6 is 11.8 Å². The van der Waals surface area contributed by atoms with Crippen LogP contribution in [-0.4, -0.2) is 40.4 Å². The zero-order valence-corrected chi connectivity index (χ0v) is 19.2. The van der Waals surface area contributed by atoms with Crippen molar-refractivity contribution >= 4 is 29.5 Å². The molecule has 1 heterocycles. The Hall–Kier alpha value is -2.22. The minimum absolute atomic E-state index is 0.265. The molecule has 1 rings (SSSR count). The summed E-state index contributed by atoms with van der Waals surface area (Å²) in [7, 11) is 0. The van der Waals surface area contributed by atoms with Gasteiger partial charge in [-0.2, -0.15) is 11.8 Å². The molecule has 0 aliphatic carbocycles. The second-order valence-electron chi connectivity index (χ2n) is 7.85. The van der Waals surface area contributed by atoms with E-state index in [1.54, 1.807) is 11.8 Å². The smallest absolute Gasteiger partial charge is 0.304 e. The number of carbonyl (C=O) groups excluding carboxylic acids is 2. The first-order valence-corrected chi connectivity index (χ1v) is 11.5. The molecule has 0 aromatic rings. The van der Waals surface area contributed by atoms with E-state index in [2.05, 4.69) is 55.2 Å². The van der Waals surface area contributed by atoms with Gasteiger partial charge in [0.25, 0.3) is 5.91 Å². The second-order valence-corrected chi connectivity index (χ2v) is 8.93. The topological polar surface area (TPSA) is 108 Å². The van der Waals surface area contributed by atoms with E-state index >= 15 is 0 Å². The Balaban J connectivity index is 2.51. The van der Waals surface area contributed by atoms with Gasteiger partial charge in [-0.1, -0.05) is 36.3 Å². The Labute approximate surface area is 183 Å². The highest BCUT2D eigenvalue weighted by Crippen LogP contribution is 2.13. The normalized spacial score (nSPS) is 20.3. The van der Waals surface area contributed by atoms with Gasteiger partial charge in [-0.25, -0.2) is 0 Å². The molecular weight excluding hydrogens is 402 g/mol. The Bertz CT molecular complexity index is 696. The number of carboxylic acids is 1. The summed E-state index contributed by atoms with van der Waals surface area (Å²) in [5, 5.41) is 11.5. The molecule has 1 aliphatic rings. The fraction of sp³-hybridized carbons (Fsp3) is 0.591. The number of thioether (sulfide) groups is 1. The van der Waals surface area contributed by atoms with Gasteiger partial charge >= 0.3 is 5.97 Å². The predicted octanol–water partition coefficient (Wildman–Crippen LogP) is 3.31. The lowest BCUT2D eigenvalue weighted by atomic mass is 10.1. The maximum Gasteiger partial charge on any atom is 0.304 e. The number of hydrazine groups is 1. The fourth-order valence-corrected chi connectivity index (χ4v) is 3.73. The molecule has 0 bridgehead atoms. The number of nitrogens with one attached hydrogen (secondary N) is 3. The fourth-order valence-electron chi connectivity index (χ4n) is 2.81. The Morgan fingerprint density at radius 2 is 2.00 bits per heavy atom. The Kier molecular flexibility index (Phi) is 12.0. The van der Waals surface area contributed by atoms with Crippen LogP contribution in [0.5, 0.6) is 0 Å². The SMILES string of the molecule is CC(C)=CCC/C(C)=C/CC/C1=C/CSC[C@H](NC(=O)[C@H](C)CC(=O)O)C(=O)NN1. The summed E-state index contributed by atoms with van der Waals surface area (Å²) in [6.07, 6.45) is 10.0. The van der Waals surface area contributed by atoms with Crippen LogP contribution in [0.2, 0.25) is 0 Å². The number of carbonyl (C=O) groups is 3. The highest BCUT2D eigenvalue weighted by atomic mass is 32.2. The van der Waals surface area contributed by atoms with E-state index in [4.69, 9.17) is 5.11 Å². The maximum atomic E-state index is 12.4. The van der Waals surface area contributed by atoms with E-state index in [9.17, 15) is 14.4 Å². The molecule has 2 amide bonds. The molecule has 0 aromatic carbocycles. The highest BCUT2D eigenvalue weighted by molar-refractivity contribution is 7.99. The van der Waals surface area contributed by atoms with E-state index < -0.39 is 23.8 Å². The molecule has 0 unspecified atom stereocenters. The van der Waals surface area contributed by atoms with Gasteiger partial charge in [0.2, 0.25) is 5.91 Å². The van der Waals surface area contributed by atoms with Crippen LogP contribution < -0.4 is 16.2 Å². The van der Waals surface area contributed by atoms with E-state index in [0.717, 1.165) is 37.1 Å². The van der Waals surface area contributed by atoms with Crippen molar-refractivity contribution in [2.45, 2.75) is 65.8 Å². The lowest BCUT2D eigenvalue weighted by molar-refractivity contribution is -0.141. The van der Waals surface area contributed by atoms with Crippen molar-refractivity contribution in [1.29, 1.82) is 0 Å². The van der Waals surface area contributed by atoms with Gasteiger partial charge in [0, 0.05) is 23.1 Å². The molecule has 30 heavy (non-hydrogen) atoms. The van der Waals surface area contributed by atoms with Crippen LogP contribution in [0, 0.1) is 5.92 Å². The minimum Gasteiger partial charge on any atom is -0.481 e. The largest absolute Gasteiger partial charge is 0.481 e. The molecule has 8 heteroatoms. The van der Waals surface area contributed by atoms with Crippen molar-refractivity contribution in [2.24, 2.45) is 5.92 Å². The zero-order chi connectivity index (χ0) is 22.5. The maximum absolute atomic E-state index is 12.4. The summed E-state index contributed by atoms with van der Waals surface area (Å²) in [6.45, 7) is 7.89. The second kappa shape index (κ2) is 13.9. The molecular formula is C22H35N3O4S. The number of amides is 2. The average molecular weight is 438 g/mol. The first-order valence-electron chi connectivity index (χ1n) is 10.3. The van der Waals surface area contributed by atoms with Gasteiger partial charge in [-0.05, 0) is 46.5 Å². The van der Waals surface area contributed by atoms with E-state index in [1.807, 2.05) is 0 Å². The molecule has 0 spiro atoms. The van der Waals surface area contributed by atoms with Crippen LogP contribution in [0.15, 0.2) is 35.1 Å². The number of aliphatic carboxylic acids is 1. The molecule has 168 valence electrons. The van der Waals surface area contributed by atoms with Crippen LogP contribution in [0.1, 0.15) is 59.8 Å². The molecule has 7 nitrogen and oxygen atoms in total. The van der Waals surface area contributed by atoms with Crippen molar-refractivity contribution in [2.75, 3.05) is 11.5 Å². The van der Waals surface area contributed by atoms with Crippen molar-refractivity contribution in [3.63, 3.8) is 0 Å². The third kappa shape index (κ3) is 11.1. The van der Waals surface area contributed by atoms with E-state index in [-0.39, 0.29) is 12.3 Å². The van der Waals surface area contributed by atoms with Gasteiger partial charge in [0.1, 0.15) is 6.04 Å². The molecule has 4 N–H and O–H groups in total. The first-order chi connectivity index (χ1) is 14.2. The quantitative estimate of drug-likeness (QED) is 0.391. The number of rotatable bonds is 10. The van der Waals surface area contributed by atoms with Crippen LogP contribution in [-0.2, 0) is 14.4 Å². The molecule has 1 aliphatic heterocycles. The van der Waals surface area contributed by atoms with Gasteiger partial charge in [0.15, 0.2) is 0 Å². The summed E-state index contributed by atoms with van der Waals surface area (Å²) < 4.78 is 0. The third-order valence-electron chi connectivity index (χ3n) is 4.64. The van der Waals surface area contributed by atoms with Gasteiger partial charge < -0.3 is 15.8 Å². The lowest BCUT2D eigenvalue weighted by Gasteiger charge is -2.19. The molecule has 0 fully saturated rings. The van der Waals surface area contributed by atoms with Crippen molar-refractivity contribution in [3.8, 4) is 0 Å². The standard InChI is InChI=1S/C22H35N3O4S/c1-15(2)7-5-8-16(3)9-6-10-18-11-12-30-14-19(22(29)25-24-18)23-21(28)17(4)13-20(26)27/h7,9,11,17,19,24H,5-6,8,10,12-14H2,1-4H3,(H,23,28)(H,25,29)(H,26,27)/b16-9+,18-11-/t17-,19+/m1/s1. The first kappa shape index (κ1) is 25.8. The van der Waals surface area contributed by atoms with Crippen LogP contribution in [0.3, 0.4) is 0 Å². The third-order valence-corrected chi connectivity index (χ3v) is 5.61. The van der Waals surface area contributed by atoms with Crippen molar-refractivity contribution < 1.29 is 19.5 Å². The minimum atomic E-state index is -1.04. The molecule has 0 saturated carbocycles. The predicted molar refractivity (Wildman–Crippen MR) is 122 cm³/mol. The van der Waals surface area contributed by atoms with Gasteiger partial charge in [-0.3, -0.25) is 19.8 Å². The number of hydrogen-bond acceptors (Lipinski definition) is 5. The van der Waals surface area contributed by atoms with E-state index in [0.29, 0.717) is 5.75 Å². The number of allylic oxidation sites excluding steroid dienone is 5. The zero-order valence-electron chi connectivity index (χ0n) is 18.4. The highest BCUT2D eigenvalue weighted by Gasteiger charge is 2.25. The van der Waals surface area contributed by atoms with Gasteiger partial charge in [0.05, 0.1) is 6.42 Å². The summed E-state index contributed by atoms with van der Waals surface area (Å²) >= 11 is 1.55. The van der Waals surface area contributed by atoms with Crippen LogP contribution in [0.25, 0.3) is 0 Å². The summed E-state index contributed by atoms with van der Waals surface area (Å²) in [5.41, 5.74) is 9.27. The Morgan fingerprint density at radius 1 is 1.27 bits per heavy atom. The summed E-state index contributed by atoms with van der Waals surface area (Å²) in [5.74, 6) is -1.35. The molecule has 0 saturated heterocycles. The molecule has 0 radical (unpaired) electrons. The van der Waals surface area contributed by atoms with Crippen LogP contribution in [0.4, 0.5) is 0 Å². The van der Waals surface area contributed by atoms with Gasteiger partial charge in [-0.15, -0.1) is 0 Å². The average Bonchev–Trinajstić information content (AvgIpc) is 2.73. The van der Waals surface area contributed by atoms with Crippen molar-refractivity contribution in [1.82, 2.24) is 16.2 Å². The number of hydrogen-bond donors (Lipinski definition) is 4. The molecule has 2 atom stereocenters. The Morgan fingerprint density at radius 3 is 2.67 bits per heavy atom.